The zero-order valence-electron chi connectivity index (χ0n) is 8.54. The lowest BCUT2D eigenvalue weighted by molar-refractivity contribution is 0.327. The van der Waals surface area contributed by atoms with Crippen LogP contribution in [0.2, 0.25) is 0 Å². The van der Waals surface area contributed by atoms with Gasteiger partial charge < -0.3 is 19.6 Å². The summed E-state index contributed by atoms with van der Waals surface area (Å²) < 4.78 is 21.8. The van der Waals surface area contributed by atoms with Crippen LogP contribution in [0, 0.1) is 0 Å². The highest BCUT2D eigenvalue weighted by molar-refractivity contribution is 7.70. The molecule has 0 aliphatic rings. The summed E-state index contributed by atoms with van der Waals surface area (Å²) in [6.45, 7) is -0.151. The molecule has 0 atom stereocenters. The Morgan fingerprint density at radius 1 is 1.18 bits per heavy atom. The van der Waals surface area contributed by atoms with Gasteiger partial charge >= 0.3 is 15.2 Å². The highest BCUT2D eigenvalue weighted by atomic mass is 31.2. The molecule has 1 aromatic rings. The third-order valence-electron chi connectivity index (χ3n) is 1.83. The second kappa shape index (κ2) is 5.37. The number of aromatic nitrogens is 1. The van der Waals surface area contributed by atoms with Crippen LogP contribution >= 0.6 is 15.2 Å². The summed E-state index contributed by atoms with van der Waals surface area (Å²) in [7, 11) is -9.87. The van der Waals surface area contributed by atoms with Crippen molar-refractivity contribution < 1.29 is 28.7 Å². The Hall–Kier alpha value is -0.590. The van der Waals surface area contributed by atoms with E-state index in [0.29, 0.717) is 5.69 Å². The number of rotatable bonds is 5. The van der Waals surface area contributed by atoms with E-state index in [1.54, 1.807) is 18.2 Å². The fraction of sp³-hybridized carbons (Fsp3) is 0.286. The quantitative estimate of drug-likeness (QED) is 0.468. The van der Waals surface area contributed by atoms with Gasteiger partial charge in [-0.15, -0.1) is 0 Å². The van der Waals surface area contributed by atoms with Gasteiger partial charge in [0, 0.05) is 12.7 Å². The molecule has 0 saturated heterocycles. The van der Waals surface area contributed by atoms with E-state index in [2.05, 4.69) is 10.3 Å². The second-order valence-corrected chi connectivity index (χ2v) is 7.05. The van der Waals surface area contributed by atoms with Crippen molar-refractivity contribution >= 4 is 15.2 Å². The largest absolute Gasteiger partial charge is 0.354 e. The molecule has 17 heavy (non-hydrogen) atoms. The molecular weight excluding hydrogens is 270 g/mol. The molecule has 0 radical (unpaired) electrons. The van der Waals surface area contributed by atoms with E-state index in [-0.39, 0.29) is 6.54 Å². The third-order valence-corrected chi connectivity index (χ3v) is 5.27. The Morgan fingerprint density at radius 2 is 1.76 bits per heavy atom. The summed E-state index contributed by atoms with van der Waals surface area (Å²) in [4.78, 5) is 39.2. The third kappa shape index (κ3) is 4.65. The standard InChI is InChI=1S/C7H12N2O6P2/c10-16(11,12)7(17(13,14)15)9-5-6-3-1-2-4-8-6/h1-4,7,9H,5H2,(H2,10,11,12)(H2,13,14,15). The molecule has 10 heteroatoms. The van der Waals surface area contributed by atoms with Crippen LogP contribution in [0.3, 0.4) is 0 Å². The predicted octanol–water partition coefficient (Wildman–Crippen LogP) is -0.190. The van der Waals surface area contributed by atoms with Crippen molar-refractivity contribution in [2.45, 2.75) is 12.1 Å². The van der Waals surface area contributed by atoms with Crippen LogP contribution in [0.5, 0.6) is 0 Å². The minimum absolute atomic E-state index is 0.151. The van der Waals surface area contributed by atoms with Crippen molar-refractivity contribution in [3.05, 3.63) is 30.1 Å². The Kier molecular flexibility index (Phi) is 4.57. The van der Waals surface area contributed by atoms with Crippen molar-refractivity contribution in [2.75, 3.05) is 0 Å². The Labute approximate surface area is 97.0 Å². The molecule has 5 N–H and O–H groups in total. The highest BCUT2D eigenvalue weighted by Crippen LogP contribution is 2.58. The van der Waals surface area contributed by atoms with Gasteiger partial charge in [0.05, 0.1) is 5.69 Å². The molecule has 0 spiro atoms. The molecule has 1 rings (SSSR count). The van der Waals surface area contributed by atoms with Gasteiger partial charge in [0.2, 0.25) is 5.52 Å². The van der Waals surface area contributed by atoms with E-state index in [9.17, 15) is 9.13 Å². The smallest absolute Gasteiger partial charge is 0.323 e. The van der Waals surface area contributed by atoms with E-state index in [1.165, 1.54) is 6.20 Å². The number of nitrogens with zero attached hydrogens (tertiary/aromatic N) is 1. The van der Waals surface area contributed by atoms with Crippen LogP contribution in [0.25, 0.3) is 0 Å². The summed E-state index contributed by atoms with van der Waals surface area (Å²) >= 11 is 0. The van der Waals surface area contributed by atoms with Crippen molar-refractivity contribution in [1.82, 2.24) is 10.3 Å². The topological polar surface area (TPSA) is 140 Å². The van der Waals surface area contributed by atoms with Gasteiger partial charge in [-0.25, -0.2) is 0 Å². The van der Waals surface area contributed by atoms with Gasteiger partial charge in [-0.2, -0.15) is 0 Å². The van der Waals surface area contributed by atoms with Crippen LogP contribution in [0.4, 0.5) is 0 Å². The van der Waals surface area contributed by atoms with Crippen molar-refractivity contribution in [3.8, 4) is 0 Å². The van der Waals surface area contributed by atoms with Gasteiger partial charge in [-0.3, -0.25) is 19.4 Å². The summed E-state index contributed by atoms with van der Waals surface area (Å²) in [6, 6.07) is 4.85. The van der Waals surface area contributed by atoms with Crippen LogP contribution < -0.4 is 5.32 Å². The molecule has 0 fully saturated rings. The van der Waals surface area contributed by atoms with E-state index >= 15 is 0 Å². The molecule has 0 aliphatic heterocycles. The van der Waals surface area contributed by atoms with E-state index in [1.807, 2.05) is 0 Å². The first-order valence-electron chi connectivity index (χ1n) is 4.45. The minimum atomic E-state index is -4.94. The van der Waals surface area contributed by atoms with Gasteiger partial charge in [0.15, 0.2) is 0 Å². The first kappa shape index (κ1) is 14.5. The molecule has 0 saturated carbocycles. The fourth-order valence-electron chi connectivity index (χ4n) is 1.13. The SMILES string of the molecule is O=P(O)(O)C(NCc1ccccn1)P(=O)(O)O. The molecule has 8 nitrogen and oxygen atoms in total. The van der Waals surface area contributed by atoms with Crippen molar-refractivity contribution in [3.63, 3.8) is 0 Å². The maximum absolute atomic E-state index is 10.9. The van der Waals surface area contributed by atoms with E-state index in [4.69, 9.17) is 19.6 Å². The normalized spacial score (nSPS) is 13.0. The average Bonchev–Trinajstić information content (AvgIpc) is 2.15. The molecule has 0 bridgehead atoms. The van der Waals surface area contributed by atoms with Crippen LogP contribution in [0.15, 0.2) is 24.4 Å². The van der Waals surface area contributed by atoms with Crippen LogP contribution in [-0.2, 0) is 15.7 Å². The molecule has 0 aromatic carbocycles. The summed E-state index contributed by atoms with van der Waals surface area (Å²) in [6.07, 6.45) is 1.46. The maximum atomic E-state index is 10.9. The molecule has 1 heterocycles. The van der Waals surface area contributed by atoms with Crippen LogP contribution in [0.1, 0.15) is 5.69 Å². The maximum Gasteiger partial charge on any atom is 0.354 e. The number of pyridine rings is 1. The second-order valence-electron chi connectivity index (χ2n) is 3.25. The molecular formula is C7H12N2O6P2. The molecule has 96 valence electrons. The van der Waals surface area contributed by atoms with Crippen molar-refractivity contribution in [1.29, 1.82) is 0 Å². The number of hydrogen-bond acceptors (Lipinski definition) is 4. The van der Waals surface area contributed by atoms with Crippen molar-refractivity contribution in [2.24, 2.45) is 0 Å². The van der Waals surface area contributed by atoms with E-state index < -0.39 is 20.7 Å². The zero-order chi connectivity index (χ0) is 13.1. The lowest BCUT2D eigenvalue weighted by Crippen LogP contribution is -2.28. The first-order valence-corrected chi connectivity index (χ1v) is 7.81. The lowest BCUT2D eigenvalue weighted by Gasteiger charge is -2.20. The summed E-state index contributed by atoms with van der Waals surface area (Å²) in [5, 5.41) is 2.13. The summed E-state index contributed by atoms with van der Waals surface area (Å²) in [5.74, 6) is 0. The number of hydrogen-bond donors (Lipinski definition) is 5. The highest BCUT2D eigenvalue weighted by Gasteiger charge is 2.42. The predicted molar refractivity (Wildman–Crippen MR) is 59.0 cm³/mol. The molecule has 0 unspecified atom stereocenters. The van der Waals surface area contributed by atoms with E-state index in [0.717, 1.165) is 0 Å². The number of nitrogens with one attached hydrogen (secondary N) is 1. The average molecular weight is 282 g/mol. The van der Waals surface area contributed by atoms with Gasteiger partial charge in [-0.1, -0.05) is 6.07 Å². The minimum Gasteiger partial charge on any atom is -0.323 e. The van der Waals surface area contributed by atoms with Crippen LogP contribution in [-0.4, -0.2) is 30.1 Å². The fourth-order valence-corrected chi connectivity index (χ4v) is 3.36. The summed E-state index contributed by atoms with van der Waals surface area (Å²) in [5.41, 5.74) is -1.79. The van der Waals surface area contributed by atoms with Gasteiger partial charge in [0.1, 0.15) is 0 Å². The Balaban J connectivity index is 2.77. The Morgan fingerprint density at radius 3 is 2.18 bits per heavy atom. The molecule has 1 aromatic heterocycles. The molecule has 0 amide bonds. The monoisotopic (exact) mass is 282 g/mol. The van der Waals surface area contributed by atoms with Gasteiger partial charge in [-0.05, 0) is 12.1 Å². The lowest BCUT2D eigenvalue weighted by atomic mass is 10.3. The van der Waals surface area contributed by atoms with Gasteiger partial charge in [0.25, 0.3) is 0 Å². The molecule has 0 aliphatic carbocycles. The first-order chi connectivity index (χ1) is 7.71. The Bertz CT molecular complexity index is 433. The zero-order valence-corrected chi connectivity index (χ0v) is 10.3.